The third-order valence-electron chi connectivity index (χ3n) is 6.39. The van der Waals surface area contributed by atoms with E-state index in [2.05, 4.69) is 16.0 Å². The minimum absolute atomic E-state index is 0.0813. The number of hydrogen-bond acceptors (Lipinski definition) is 6. The number of amides is 1. The zero-order chi connectivity index (χ0) is 22.7. The third-order valence-corrected chi connectivity index (χ3v) is 8.18. The first-order chi connectivity index (χ1) is 15.4. The molecule has 2 aliphatic heterocycles. The molecule has 1 aromatic carbocycles. The average molecular weight is 462 g/mol. The molecule has 2 aromatic rings. The van der Waals surface area contributed by atoms with E-state index >= 15 is 0 Å². The smallest absolute Gasteiger partial charge is 0.262 e. The van der Waals surface area contributed by atoms with E-state index in [4.69, 9.17) is 4.74 Å². The van der Waals surface area contributed by atoms with Gasteiger partial charge in [-0.25, -0.2) is 13.4 Å². The predicted molar refractivity (Wildman–Crippen MR) is 121 cm³/mol. The van der Waals surface area contributed by atoms with Gasteiger partial charge in [-0.1, -0.05) is 6.07 Å². The molecule has 174 valence electrons. The Balaban J connectivity index is 1.30. The van der Waals surface area contributed by atoms with E-state index in [-0.39, 0.29) is 16.9 Å². The molecule has 0 N–H and O–H groups in total. The molecule has 0 atom stereocenters. The van der Waals surface area contributed by atoms with Gasteiger partial charge in [0.2, 0.25) is 5.91 Å². The largest absolute Gasteiger partial charge is 0.497 e. The van der Waals surface area contributed by atoms with Crippen LogP contribution in [0.1, 0.15) is 19.8 Å². The van der Waals surface area contributed by atoms with Crippen LogP contribution in [0.4, 0.5) is 5.69 Å². The van der Waals surface area contributed by atoms with Crippen molar-refractivity contribution in [2.24, 2.45) is 5.92 Å². The van der Waals surface area contributed by atoms with Crippen molar-refractivity contribution in [3.8, 4) is 5.75 Å². The van der Waals surface area contributed by atoms with Gasteiger partial charge in [0, 0.05) is 69.7 Å². The number of nitrogens with zero attached hydrogens (tertiary/aromatic N) is 5. The van der Waals surface area contributed by atoms with E-state index < -0.39 is 10.0 Å². The summed E-state index contributed by atoms with van der Waals surface area (Å²) in [4.78, 5) is 21.3. The summed E-state index contributed by atoms with van der Waals surface area (Å²) in [6, 6.07) is 7.96. The fourth-order valence-corrected chi connectivity index (χ4v) is 5.78. The van der Waals surface area contributed by atoms with E-state index in [1.165, 1.54) is 10.6 Å². The monoisotopic (exact) mass is 461 g/mol. The minimum Gasteiger partial charge on any atom is -0.497 e. The van der Waals surface area contributed by atoms with Crippen LogP contribution in [0.2, 0.25) is 0 Å². The zero-order valence-corrected chi connectivity index (χ0v) is 19.5. The van der Waals surface area contributed by atoms with Crippen LogP contribution in [0.5, 0.6) is 5.75 Å². The van der Waals surface area contributed by atoms with Gasteiger partial charge in [0.1, 0.15) is 5.75 Å². The Morgan fingerprint density at radius 2 is 1.84 bits per heavy atom. The van der Waals surface area contributed by atoms with E-state index in [1.54, 1.807) is 17.9 Å². The summed E-state index contributed by atoms with van der Waals surface area (Å²) < 4.78 is 34.2. The van der Waals surface area contributed by atoms with E-state index in [1.807, 2.05) is 30.0 Å². The number of benzene rings is 1. The first-order valence-corrected chi connectivity index (χ1v) is 12.6. The van der Waals surface area contributed by atoms with Crippen LogP contribution in [-0.2, 0) is 21.4 Å². The molecular formula is C22H31N5O4S. The van der Waals surface area contributed by atoms with Crippen LogP contribution in [0.25, 0.3) is 0 Å². The van der Waals surface area contributed by atoms with Gasteiger partial charge < -0.3 is 19.1 Å². The highest BCUT2D eigenvalue weighted by atomic mass is 32.2. The molecule has 3 heterocycles. The van der Waals surface area contributed by atoms with Crippen LogP contribution in [0.3, 0.4) is 0 Å². The quantitative estimate of drug-likeness (QED) is 0.650. The van der Waals surface area contributed by atoms with Crippen LogP contribution in [0.15, 0.2) is 41.8 Å². The number of carbonyl (C=O) groups excluding carboxylic acids is 1. The Morgan fingerprint density at radius 3 is 2.47 bits per heavy atom. The minimum atomic E-state index is -3.61. The van der Waals surface area contributed by atoms with Gasteiger partial charge in [-0.2, -0.15) is 4.31 Å². The van der Waals surface area contributed by atoms with Crippen molar-refractivity contribution in [3.63, 3.8) is 0 Å². The maximum absolute atomic E-state index is 13.1. The number of ether oxygens (including phenoxy) is 1. The standard InChI is InChI=1S/C22H31N5O4S/c1-3-24-16-21(23-17-24)32(29,30)27-9-7-18(8-10-27)22(28)26-13-11-25(12-14-26)19-5-4-6-20(15-19)31-2/h4-6,15-18H,3,7-14H2,1-2H3. The van der Waals surface area contributed by atoms with Gasteiger partial charge in [-0.3, -0.25) is 4.79 Å². The van der Waals surface area contributed by atoms with Gasteiger partial charge in [0.05, 0.1) is 13.4 Å². The number of rotatable bonds is 6. The van der Waals surface area contributed by atoms with Crippen LogP contribution in [-0.4, -0.2) is 79.5 Å². The van der Waals surface area contributed by atoms with E-state index in [9.17, 15) is 13.2 Å². The molecule has 0 saturated carbocycles. The molecular weight excluding hydrogens is 430 g/mol. The number of sulfonamides is 1. The fourth-order valence-electron chi connectivity index (χ4n) is 4.37. The molecule has 2 fully saturated rings. The van der Waals surface area contributed by atoms with Gasteiger partial charge in [-0.15, -0.1) is 0 Å². The molecule has 9 nitrogen and oxygen atoms in total. The maximum Gasteiger partial charge on any atom is 0.262 e. The molecule has 0 spiro atoms. The molecule has 0 radical (unpaired) electrons. The molecule has 32 heavy (non-hydrogen) atoms. The molecule has 0 aliphatic carbocycles. The molecule has 1 amide bonds. The molecule has 0 bridgehead atoms. The Labute approximate surface area is 189 Å². The van der Waals surface area contributed by atoms with Gasteiger partial charge >= 0.3 is 0 Å². The van der Waals surface area contributed by atoms with Crippen molar-refractivity contribution in [1.82, 2.24) is 18.8 Å². The normalized spacial score (nSPS) is 18.7. The van der Waals surface area contributed by atoms with Crippen molar-refractivity contribution < 1.29 is 17.9 Å². The van der Waals surface area contributed by atoms with E-state index in [0.717, 1.165) is 24.5 Å². The second-order valence-electron chi connectivity index (χ2n) is 8.23. The Kier molecular flexibility index (Phi) is 6.71. The lowest BCUT2D eigenvalue weighted by molar-refractivity contribution is -0.137. The highest BCUT2D eigenvalue weighted by Gasteiger charge is 2.35. The van der Waals surface area contributed by atoms with Crippen LogP contribution in [0, 0.1) is 5.92 Å². The summed E-state index contributed by atoms with van der Waals surface area (Å²) in [5.74, 6) is 0.838. The summed E-state index contributed by atoms with van der Waals surface area (Å²) >= 11 is 0. The first-order valence-electron chi connectivity index (χ1n) is 11.1. The third kappa shape index (κ3) is 4.61. The second-order valence-corrected chi connectivity index (χ2v) is 10.1. The topological polar surface area (TPSA) is 88.0 Å². The van der Waals surface area contributed by atoms with Crippen molar-refractivity contribution in [2.45, 2.75) is 31.3 Å². The number of aryl methyl sites for hydroxylation is 1. The zero-order valence-electron chi connectivity index (χ0n) is 18.7. The number of piperidine rings is 1. The van der Waals surface area contributed by atoms with Crippen molar-refractivity contribution in [2.75, 3.05) is 51.3 Å². The van der Waals surface area contributed by atoms with Crippen LogP contribution >= 0.6 is 0 Å². The number of anilines is 1. The maximum atomic E-state index is 13.1. The second kappa shape index (κ2) is 9.50. The van der Waals surface area contributed by atoms with Crippen LogP contribution < -0.4 is 9.64 Å². The Morgan fingerprint density at radius 1 is 1.12 bits per heavy atom. The summed E-state index contributed by atoms with van der Waals surface area (Å²) in [5, 5.41) is 0.0813. The van der Waals surface area contributed by atoms with Gasteiger partial charge in [0.15, 0.2) is 5.03 Å². The number of aromatic nitrogens is 2. The summed E-state index contributed by atoms with van der Waals surface area (Å²) in [6.45, 7) is 6.18. The molecule has 2 saturated heterocycles. The lowest BCUT2D eigenvalue weighted by Crippen LogP contribution is -2.52. The molecule has 4 rings (SSSR count). The molecule has 10 heteroatoms. The summed E-state index contributed by atoms with van der Waals surface area (Å²) in [5.41, 5.74) is 1.10. The number of carbonyl (C=O) groups is 1. The van der Waals surface area contributed by atoms with Gasteiger partial charge in [-0.05, 0) is 31.9 Å². The molecule has 0 unspecified atom stereocenters. The highest BCUT2D eigenvalue weighted by molar-refractivity contribution is 7.89. The van der Waals surface area contributed by atoms with Crippen molar-refractivity contribution >= 4 is 21.6 Å². The lowest BCUT2D eigenvalue weighted by atomic mass is 9.96. The summed E-state index contributed by atoms with van der Waals surface area (Å²) in [7, 11) is -1.95. The number of hydrogen-bond donors (Lipinski definition) is 0. The number of piperazine rings is 1. The fraction of sp³-hybridized carbons (Fsp3) is 0.545. The SMILES string of the molecule is CCn1cnc(S(=O)(=O)N2CCC(C(=O)N3CCN(c4cccc(OC)c4)CC3)CC2)c1. The summed E-state index contributed by atoms with van der Waals surface area (Å²) in [6.07, 6.45) is 4.19. The highest BCUT2D eigenvalue weighted by Crippen LogP contribution is 2.26. The van der Waals surface area contributed by atoms with Crippen molar-refractivity contribution in [3.05, 3.63) is 36.8 Å². The molecule has 1 aromatic heterocycles. The lowest BCUT2D eigenvalue weighted by Gasteiger charge is -2.39. The molecule has 2 aliphatic rings. The first kappa shape index (κ1) is 22.6. The van der Waals surface area contributed by atoms with Gasteiger partial charge in [0.25, 0.3) is 10.0 Å². The predicted octanol–water partition coefficient (Wildman–Crippen LogP) is 1.66. The Bertz CT molecular complexity index is 1040. The Hall–Kier alpha value is -2.59. The average Bonchev–Trinajstić information content (AvgIpc) is 3.34. The number of imidazole rings is 1. The van der Waals surface area contributed by atoms with Crippen molar-refractivity contribution in [1.29, 1.82) is 0 Å². The number of methoxy groups -OCH3 is 1. The van der Waals surface area contributed by atoms with E-state index in [0.29, 0.717) is 45.6 Å².